The number of carbonyl (C=O) groups is 1. The van der Waals surface area contributed by atoms with Gasteiger partial charge in [0.05, 0.1) is 13.0 Å². The van der Waals surface area contributed by atoms with Crippen LogP contribution in [-0.4, -0.2) is 49.1 Å². The molecule has 5 nitrogen and oxygen atoms in total. The molecule has 0 bridgehead atoms. The molecule has 1 amide bonds. The van der Waals surface area contributed by atoms with Gasteiger partial charge in [-0.3, -0.25) is 4.79 Å². The Morgan fingerprint density at radius 2 is 2.00 bits per heavy atom. The Balaban J connectivity index is 1.51. The molecular weight excluding hydrogens is 410 g/mol. The Kier molecular flexibility index (Phi) is 7.50. The summed E-state index contributed by atoms with van der Waals surface area (Å²) in [6.07, 6.45) is 7.23. The number of carbonyl (C=O) groups excluding carboxylic acids is 1. The molecule has 1 aromatic heterocycles. The predicted octanol–water partition coefficient (Wildman–Crippen LogP) is 4.82. The second-order valence-electron chi connectivity index (χ2n) is 8.66. The molecule has 0 saturated carbocycles. The van der Waals surface area contributed by atoms with Gasteiger partial charge in [-0.05, 0) is 80.1 Å². The number of nitrogens with zero attached hydrogens (tertiary/aromatic N) is 1. The van der Waals surface area contributed by atoms with Crippen molar-refractivity contribution in [2.24, 2.45) is 5.92 Å². The van der Waals surface area contributed by atoms with Gasteiger partial charge in [-0.25, -0.2) is 0 Å². The lowest BCUT2D eigenvalue weighted by atomic mass is 9.86. The zero-order valence-corrected chi connectivity index (χ0v) is 20.0. The van der Waals surface area contributed by atoms with Crippen LogP contribution in [0.1, 0.15) is 37.0 Å². The lowest BCUT2D eigenvalue weighted by Crippen LogP contribution is -2.40. The number of aryl methyl sites for hydroxylation is 1. The first-order valence-corrected chi connectivity index (χ1v) is 12.1. The zero-order valence-electron chi connectivity index (χ0n) is 20.0. The lowest BCUT2D eigenvalue weighted by molar-refractivity contribution is -0.133. The second kappa shape index (κ2) is 10.7. The van der Waals surface area contributed by atoms with Crippen LogP contribution in [0.4, 0.5) is 0 Å². The normalized spacial score (nSPS) is 15.1. The number of hydrogen-bond acceptors (Lipinski definition) is 3. The van der Waals surface area contributed by atoms with Crippen LogP contribution < -0.4 is 10.1 Å². The van der Waals surface area contributed by atoms with E-state index in [9.17, 15) is 4.79 Å². The molecule has 2 aromatic carbocycles. The number of H-pyrrole nitrogens is 1. The summed E-state index contributed by atoms with van der Waals surface area (Å²) in [5.41, 5.74) is 6.33. The van der Waals surface area contributed by atoms with Gasteiger partial charge in [-0.1, -0.05) is 30.3 Å². The van der Waals surface area contributed by atoms with Gasteiger partial charge < -0.3 is 19.9 Å². The molecule has 33 heavy (non-hydrogen) atoms. The highest BCUT2D eigenvalue weighted by Gasteiger charge is 2.24. The number of aromatic amines is 1. The van der Waals surface area contributed by atoms with Crippen molar-refractivity contribution >= 4 is 22.4 Å². The Morgan fingerprint density at radius 3 is 2.79 bits per heavy atom. The van der Waals surface area contributed by atoms with Gasteiger partial charge in [0.1, 0.15) is 5.75 Å². The Hall–Kier alpha value is -3.05. The van der Waals surface area contributed by atoms with E-state index >= 15 is 0 Å². The summed E-state index contributed by atoms with van der Waals surface area (Å²) < 4.78 is 5.33. The number of methoxy groups -OCH3 is 1. The first-order chi connectivity index (χ1) is 16.1. The van der Waals surface area contributed by atoms with Crippen LogP contribution in [0.15, 0.2) is 54.7 Å². The van der Waals surface area contributed by atoms with Gasteiger partial charge in [0, 0.05) is 36.7 Å². The molecule has 1 aliphatic rings. The molecule has 1 unspecified atom stereocenters. The molecule has 3 aromatic rings. The Labute approximate surface area is 196 Å². The van der Waals surface area contributed by atoms with Crippen molar-refractivity contribution in [1.82, 2.24) is 15.2 Å². The summed E-state index contributed by atoms with van der Waals surface area (Å²) in [6.45, 7) is 7.02. The number of allylic oxidation sites excluding steroid dienone is 1. The lowest BCUT2D eigenvalue weighted by Gasteiger charge is -2.25. The van der Waals surface area contributed by atoms with Crippen LogP contribution in [0.25, 0.3) is 16.5 Å². The molecule has 0 radical (unpaired) electrons. The summed E-state index contributed by atoms with van der Waals surface area (Å²) in [4.78, 5) is 18.7. The van der Waals surface area contributed by atoms with Crippen LogP contribution in [0, 0.1) is 5.92 Å². The second-order valence-corrected chi connectivity index (χ2v) is 8.66. The molecule has 1 heterocycles. The van der Waals surface area contributed by atoms with Crippen LogP contribution in [0.5, 0.6) is 5.75 Å². The first-order valence-electron chi connectivity index (χ1n) is 12.1. The van der Waals surface area contributed by atoms with Gasteiger partial charge >= 0.3 is 0 Å². The van der Waals surface area contributed by atoms with Crippen molar-refractivity contribution in [2.75, 3.05) is 33.3 Å². The number of nitrogens with one attached hydrogen (secondary N) is 2. The number of benzene rings is 2. The molecule has 4 rings (SSSR count). The largest absolute Gasteiger partial charge is 0.497 e. The van der Waals surface area contributed by atoms with Gasteiger partial charge in [-0.2, -0.15) is 0 Å². The maximum atomic E-state index is 13.4. The van der Waals surface area contributed by atoms with E-state index in [1.807, 2.05) is 17.0 Å². The van der Waals surface area contributed by atoms with Crippen molar-refractivity contribution in [1.29, 1.82) is 0 Å². The van der Waals surface area contributed by atoms with E-state index < -0.39 is 0 Å². The summed E-state index contributed by atoms with van der Waals surface area (Å²) in [5, 5.41) is 4.86. The van der Waals surface area contributed by atoms with Gasteiger partial charge in [0.15, 0.2) is 0 Å². The summed E-state index contributed by atoms with van der Waals surface area (Å²) >= 11 is 0. The molecule has 2 N–H and O–H groups in total. The molecule has 0 fully saturated rings. The van der Waals surface area contributed by atoms with Crippen molar-refractivity contribution in [3.63, 3.8) is 0 Å². The standard InChI is InChI=1S/C28H35N3O2/c1-4-31(5-2)28(32)23(18-29-15-14-20-8-6-9-24(16-20)33-3)17-21-12-13-22-19-30-26-11-7-10-25(21)27(22)26/h6-11,16-17,19,23,29-30H,4-5,12-15,18H2,1-3H3/b21-17+. The number of rotatable bonds is 10. The number of aromatic nitrogens is 1. The Morgan fingerprint density at radius 1 is 1.18 bits per heavy atom. The molecule has 0 saturated heterocycles. The minimum absolute atomic E-state index is 0.180. The van der Waals surface area contributed by atoms with Gasteiger partial charge in [0.25, 0.3) is 0 Å². The van der Waals surface area contributed by atoms with Crippen LogP contribution in [-0.2, 0) is 17.6 Å². The highest BCUT2D eigenvalue weighted by molar-refractivity contribution is 5.97. The molecule has 1 atom stereocenters. The fourth-order valence-electron chi connectivity index (χ4n) is 4.85. The minimum atomic E-state index is -0.180. The Bertz CT molecular complexity index is 1130. The number of amides is 1. The van der Waals surface area contributed by atoms with Crippen molar-refractivity contribution in [2.45, 2.75) is 33.1 Å². The summed E-state index contributed by atoms with van der Waals surface area (Å²) in [7, 11) is 1.69. The third kappa shape index (κ3) is 5.14. The zero-order chi connectivity index (χ0) is 23.2. The molecule has 174 valence electrons. The molecule has 0 spiro atoms. The van der Waals surface area contributed by atoms with Crippen LogP contribution in [0.3, 0.4) is 0 Å². The van der Waals surface area contributed by atoms with Crippen LogP contribution >= 0.6 is 0 Å². The van der Waals surface area contributed by atoms with E-state index in [4.69, 9.17) is 4.74 Å². The maximum Gasteiger partial charge on any atom is 0.230 e. The molecular formula is C28H35N3O2. The summed E-state index contributed by atoms with van der Waals surface area (Å²) in [6, 6.07) is 14.6. The van der Waals surface area contributed by atoms with Crippen molar-refractivity contribution in [3.05, 3.63) is 71.4 Å². The molecule has 0 aliphatic heterocycles. The van der Waals surface area contributed by atoms with Crippen LogP contribution in [0.2, 0.25) is 0 Å². The molecule has 5 heteroatoms. The average Bonchev–Trinajstić information content (AvgIpc) is 3.28. The van der Waals surface area contributed by atoms with E-state index in [1.165, 1.54) is 33.2 Å². The van der Waals surface area contributed by atoms with Gasteiger partial charge in [-0.15, -0.1) is 0 Å². The first kappa shape index (κ1) is 23.1. The minimum Gasteiger partial charge on any atom is -0.497 e. The van der Waals surface area contributed by atoms with E-state index in [0.29, 0.717) is 6.54 Å². The number of ether oxygens (including phenoxy) is 1. The van der Waals surface area contributed by atoms with E-state index in [1.54, 1.807) is 7.11 Å². The van der Waals surface area contributed by atoms with Gasteiger partial charge in [0.2, 0.25) is 5.91 Å². The predicted molar refractivity (Wildman–Crippen MR) is 136 cm³/mol. The SMILES string of the molecule is CCN(CC)C(=O)C(/C=C1\CCc2c[nH]c3cccc1c23)CNCCc1cccc(OC)c1. The number of hydrogen-bond donors (Lipinski definition) is 2. The molecule has 1 aliphatic carbocycles. The average molecular weight is 446 g/mol. The third-order valence-electron chi connectivity index (χ3n) is 6.68. The van der Waals surface area contributed by atoms with Crippen molar-refractivity contribution in [3.8, 4) is 5.75 Å². The van der Waals surface area contributed by atoms with E-state index in [0.717, 1.165) is 44.6 Å². The highest BCUT2D eigenvalue weighted by atomic mass is 16.5. The monoisotopic (exact) mass is 445 g/mol. The fourth-order valence-corrected chi connectivity index (χ4v) is 4.85. The van der Waals surface area contributed by atoms with Crippen molar-refractivity contribution < 1.29 is 9.53 Å². The quantitative estimate of drug-likeness (QED) is 0.440. The topological polar surface area (TPSA) is 57.4 Å². The smallest absolute Gasteiger partial charge is 0.230 e. The van der Waals surface area contributed by atoms with E-state index in [-0.39, 0.29) is 11.8 Å². The highest BCUT2D eigenvalue weighted by Crippen LogP contribution is 2.36. The maximum absolute atomic E-state index is 13.4. The summed E-state index contributed by atoms with van der Waals surface area (Å²) in [5.74, 6) is 0.900. The third-order valence-corrected chi connectivity index (χ3v) is 6.68. The van der Waals surface area contributed by atoms with E-state index in [2.05, 4.69) is 66.8 Å². The fraction of sp³-hybridized carbons (Fsp3) is 0.393.